The lowest BCUT2D eigenvalue weighted by atomic mass is 9.95. The van der Waals surface area contributed by atoms with Crippen molar-refractivity contribution in [2.24, 2.45) is 0 Å². The molecule has 1 aliphatic heterocycles. The normalized spacial score (nSPS) is 15.4. The smallest absolute Gasteiger partial charge is 0.251 e. The summed E-state index contributed by atoms with van der Waals surface area (Å²) in [4.78, 5) is 24.9. The van der Waals surface area contributed by atoms with Gasteiger partial charge in [-0.2, -0.15) is 0 Å². The molecule has 2 amide bonds. The summed E-state index contributed by atoms with van der Waals surface area (Å²) in [6, 6.07) is 13.1. The molecule has 0 aromatic heterocycles. The Morgan fingerprint density at radius 3 is 2.66 bits per heavy atom. The first kappa shape index (κ1) is 22.1. The quantitative estimate of drug-likeness (QED) is 0.521. The molecular weight excluding hydrogens is 406 g/mol. The molecule has 0 saturated heterocycles. The average molecular weight is 438 g/mol. The largest absolute Gasteiger partial charge is 0.454 e. The van der Waals surface area contributed by atoms with E-state index in [0.717, 1.165) is 18.5 Å². The maximum atomic E-state index is 12.5. The van der Waals surface area contributed by atoms with Crippen molar-refractivity contribution in [1.82, 2.24) is 10.6 Å². The van der Waals surface area contributed by atoms with Crippen LogP contribution in [0.3, 0.4) is 0 Å². The summed E-state index contributed by atoms with van der Waals surface area (Å²) in [6.45, 7) is 1.75. The molecule has 0 unspecified atom stereocenters. The van der Waals surface area contributed by atoms with Crippen LogP contribution in [-0.2, 0) is 11.2 Å². The second kappa shape index (κ2) is 11.0. The number of carbonyl (C=O) groups excluding carboxylic acids is 2. The molecule has 2 aromatic carbocycles. The molecule has 1 aliphatic carbocycles. The van der Waals surface area contributed by atoms with Gasteiger partial charge in [0.15, 0.2) is 11.5 Å². The number of nitrogens with one attached hydrogen (secondary N) is 3. The van der Waals surface area contributed by atoms with E-state index in [1.54, 1.807) is 30.3 Å². The van der Waals surface area contributed by atoms with Crippen molar-refractivity contribution in [3.8, 4) is 11.5 Å². The summed E-state index contributed by atoms with van der Waals surface area (Å²) in [5.74, 6) is 1.03. The van der Waals surface area contributed by atoms with E-state index in [1.807, 2.05) is 12.1 Å². The van der Waals surface area contributed by atoms with Crippen LogP contribution >= 0.6 is 0 Å². The van der Waals surface area contributed by atoms with E-state index >= 15 is 0 Å². The van der Waals surface area contributed by atoms with Crippen LogP contribution < -0.4 is 25.4 Å². The zero-order valence-corrected chi connectivity index (χ0v) is 18.3. The lowest BCUT2D eigenvalue weighted by Gasteiger charge is -2.22. The fourth-order valence-electron chi connectivity index (χ4n) is 4.19. The van der Waals surface area contributed by atoms with Crippen molar-refractivity contribution in [2.45, 2.75) is 51.0 Å². The van der Waals surface area contributed by atoms with E-state index in [1.165, 1.54) is 32.1 Å². The van der Waals surface area contributed by atoms with Gasteiger partial charge >= 0.3 is 0 Å². The summed E-state index contributed by atoms with van der Waals surface area (Å²) in [6.07, 6.45) is 7.61. The van der Waals surface area contributed by atoms with Crippen LogP contribution in [0, 0.1) is 0 Å². The van der Waals surface area contributed by atoms with Crippen molar-refractivity contribution < 1.29 is 19.1 Å². The van der Waals surface area contributed by atoms with Crippen LogP contribution in [0.2, 0.25) is 0 Å². The Hall–Kier alpha value is -3.06. The summed E-state index contributed by atoms with van der Waals surface area (Å²) < 4.78 is 10.6. The summed E-state index contributed by atoms with van der Waals surface area (Å²) >= 11 is 0. The number of amides is 2. The fourth-order valence-corrected chi connectivity index (χ4v) is 4.19. The maximum absolute atomic E-state index is 12.5. The number of benzene rings is 2. The number of hydrogen-bond acceptors (Lipinski definition) is 5. The van der Waals surface area contributed by atoms with Crippen LogP contribution in [0.4, 0.5) is 5.69 Å². The van der Waals surface area contributed by atoms with Gasteiger partial charge in [-0.1, -0.05) is 31.4 Å². The number of fused-ring (bicyclic) bond motifs is 1. The molecule has 4 rings (SSSR count). The van der Waals surface area contributed by atoms with E-state index in [9.17, 15) is 9.59 Å². The molecule has 1 fully saturated rings. The standard InChI is InChI=1S/C25H31N3O4/c29-24(28-21-10-11-22-23(16-21)32-17-31-22)15-18-6-4-7-19(14-18)25(30)27-13-5-12-26-20-8-2-1-3-9-20/h4,6-7,10-11,14,16,20,26H,1-3,5,8-9,12-13,15,17H2,(H,27,30)(H,28,29). The van der Waals surface area contributed by atoms with Crippen LogP contribution in [0.25, 0.3) is 0 Å². The van der Waals surface area contributed by atoms with Gasteiger partial charge in [-0.05, 0) is 55.6 Å². The molecule has 7 heteroatoms. The number of anilines is 1. The Labute approximate surface area is 188 Å². The van der Waals surface area contributed by atoms with Gasteiger partial charge in [-0.25, -0.2) is 0 Å². The van der Waals surface area contributed by atoms with Gasteiger partial charge in [0, 0.05) is 29.9 Å². The van der Waals surface area contributed by atoms with Gasteiger partial charge in [0.2, 0.25) is 12.7 Å². The monoisotopic (exact) mass is 437 g/mol. The van der Waals surface area contributed by atoms with E-state index in [2.05, 4.69) is 16.0 Å². The molecular formula is C25H31N3O4. The van der Waals surface area contributed by atoms with Crippen LogP contribution in [-0.4, -0.2) is 37.7 Å². The van der Waals surface area contributed by atoms with Crippen molar-refractivity contribution in [3.63, 3.8) is 0 Å². The highest BCUT2D eigenvalue weighted by atomic mass is 16.7. The highest BCUT2D eigenvalue weighted by Crippen LogP contribution is 2.34. The molecule has 0 atom stereocenters. The summed E-state index contributed by atoms with van der Waals surface area (Å²) in [7, 11) is 0. The third-order valence-corrected chi connectivity index (χ3v) is 5.89. The van der Waals surface area contributed by atoms with Gasteiger partial charge in [0.05, 0.1) is 6.42 Å². The van der Waals surface area contributed by atoms with Crippen LogP contribution in [0.15, 0.2) is 42.5 Å². The van der Waals surface area contributed by atoms with Crippen molar-refractivity contribution in [1.29, 1.82) is 0 Å². The van der Waals surface area contributed by atoms with Crippen molar-refractivity contribution >= 4 is 17.5 Å². The van der Waals surface area contributed by atoms with Crippen molar-refractivity contribution in [3.05, 3.63) is 53.6 Å². The average Bonchev–Trinajstić information content (AvgIpc) is 3.27. The second-order valence-electron chi connectivity index (χ2n) is 8.39. The molecule has 0 spiro atoms. The number of hydrogen-bond donors (Lipinski definition) is 3. The number of ether oxygens (including phenoxy) is 2. The Bertz CT molecular complexity index is 941. The molecule has 2 aliphatic rings. The van der Waals surface area contributed by atoms with E-state index < -0.39 is 0 Å². The first-order valence-corrected chi connectivity index (χ1v) is 11.5. The molecule has 1 heterocycles. The van der Waals surface area contributed by atoms with Gasteiger partial charge in [0.1, 0.15) is 0 Å². The molecule has 3 N–H and O–H groups in total. The Morgan fingerprint density at radius 2 is 1.78 bits per heavy atom. The maximum Gasteiger partial charge on any atom is 0.251 e. The lowest BCUT2D eigenvalue weighted by molar-refractivity contribution is -0.115. The van der Waals surface area contributed by atoms with E-state index in [0.29, 0.717) is 35.3 Å². The zero-order valence-electron chi connectivity index (χ0n) is 18.3. The predicted octanol–water partition coefficient (Wildman–Crippen LogP) is 3.64. The number of carbonyl (C=O) groups is 2. The van der Waals surface area contributed by atoms with Crippen LogP contribution in [0.1, 0.15) is 54.4 Å². The highest BCUT2D eigenvalue weighted by molar-refractivity contribution is 5.95. The Morgan fingerprint density at radius 1 is 0.938 bits per heavy atom. The Kier molecular flexibility index (Phi) is 7.61. The van der Waals surface area contributed by atoms with E-state index in [4.69, 9.17) is 9.47 Å². The SMILES string of the molecule is O=C(Cc1cccc(C(=O)NCCCNC2CCCCC2)c1)Nc1ccc2c(c1)OCO2. The summed E-state index contributed by atoms with van der Waals surface area (Å²) in [5, 5.41) is 9.43. The van der Waals surface area contributed by atoms with Gasteiger partial charge in [0.25, 0.3) is 5.91 Å². The lowest BCUT2D eigenvalue weighted by Crippen LogP contribution is -2.34. The first-order chi connectivity index (χ1) is 15.7. The minimum Gasteiger partial charge on any atom is -0.454 e. The third kappa shape index (κ3) is 6.23. The topological polar surface area (TPSA) is 88.7 Å². The third-order valence-electron chi connectivity index (χ3n) is 5.89. The summed E-state index contributed by atoms with van der Waals surface area (Å²) in [5.41, 5.74) is 2.00. The molecule has 7 nitrogen and oxygen atoms in total. The molecule has 2 aromatic rings. The first-order valence-electron chi connectivity index (χ1n) is 11.5. The number of rotatable bonds is 9. The highest BCUT2D eigenvalue weighted by Gasteiger charge is 2.15. The van der Waals surface area contributed by atoms with E-state index in [-0.39, 0.29) is 25.0 Å². The van der Waals surface area contributed by atoms with Crippen LogP contribution in [0.5, 0.6) is 11.5 Å². The minimum absolute atomic E-state index is 0.110. The van der Waals surface area contributed by atoms with Gasteiger partial charge in [-0.15, -0.1) is 0 Å². The fraction of sp³-hybridized carbons (Fsp3) is 0.440. The Balaban J connectivity index is 1.21. The molecule has 32 heavy (non-hydrogen) atoms. The minimum atomic E-state index is -0.157. The zero-order chi connectivity index (χ0) is 22.2. The molecule has 0 bridgehead atoms. The molecule has 170 valence electrons. The predicted molar refractivity (Wildman–Crippen MR) is 123 cm³/mol. The molecule has 1 saturated carbocycles. The molecule has 0 radical (unpaired) electrons. The second-order valence-corrected chi connectivity index (χ2v) is 8.39. The van der Waals surface area contributed by atoms with Gasteiger partial charge in [-0.3, -0.25) is 9.59 Å². The van der Waals surface area contributed by atoms with Gasteiger partial charge < -0.3 is 25.4 Å². The van der Waals surface area contributed by atoms with Crippen molar-refractivity contribution in [2.75, 3.05) is 25.2 Å².